The predicted octanol–water partition coefficient (Wildman–Crippen LogP) is 2.68. The summed E-state index contributed by atoms with van der Waals surface area (Å²) in [6.07, 6.45) is 4.52. The number of benzene rings is 1. The van der Waals surface area contributed by atoms with Crippen LogP contribution in [-0.2, 0) is 11.3 Å². The molecule has 0 spiro atoms. The number of carbonyl (C=O) groups is 1. The molecule has 0 radical (unpaired) electrons. The number of rotatable bonds is 8. The van der Waals surface area contributed by atoms with Gasteiger partial charge in [0, 0.05) is 38.9 Å². The Bertz CT molecular complexity index is 574. The molecule has 0 saturated carbocycles. The van der Waals surface area contributed by atoms with E-state index in [1.54, 1.807) is 7.05 Å². The number of guanidine groups is 1. The topological polar surface area (TPSA) is 74.8 Å². The fourth-order valence-corrected chi connectivity index (χ4v) is 2.73. The molecule has 26 heavy (non-hydrogen) atoms. The van der Waals surface area contributed by atoms with E-state index in [0.717, 1.165) is 50.4 Å². The maximum atomic E-state index is 12.3. The van der Waals surface area contributed by atoms with E-state index in [1.165, 1.54) is 0 Å². The van der Waals surface area contributed by atoms with E-state index in [4.69, 9.17) is 4.74 Å². The minimum atomic E-state index is -0.0530. The van der Waals surface area contributed by atoms with Crippen molar-refractivity contribution in [1.82, 2.24) is 16.0 Å². The van der Waals surface area contributed by atoms with Gasteiger partial charge in [0.05, 0.1) is 6.10 Å². The van der Waals surface area contributed by atoms with Crippen molar-refractivity contribution in [1.29, 1.82) is 0 Å². The second-order valence-corrected chi connectivity index (χ2v) is 6.25. The van der Waals surface area contributed by atoms with Gasteiger partial charge in [-0.3, -0.25) is 9.79 Å². The molecule has 3 N–H and O–H groups in total. The van der Waals surface area contributed by atoms with Crippen molar-refractivity contribution in [3.8, 4) is 0 Å². The van der Waals surface area contributed by atoms with Crippen molar-refractivity contribution in [2.45, 2.75) is 45.3 Å². The van der Waals surface area contributed by atoms with E-state index in [9.17, 15) is 4.79 Å². The number of amides is 1. The summed E-state index contributed by atoms with van der Waals surface area (Å²) in [6, 6.07) is 7.66. The highest BCUT2D eigenvalue weighted by Gasteiger charge is 2.16. The highest BCUT2D eigenvalue weighted by molar-refractivity contribution is 14.0. The molecular weight excluding hydrogens is 443 g/mol. The van der Waals surface area contributed by atoms with Gasteiger partial charge in [0.15, 0.2) is 5.96 Å². The second-order valence-electron chi connectivity index (χ2n) is 6.25. The first kappa shape index (κ1) is 22.7. The van der Waals surface area contributed by atoms with Crippen molar-refractivity contribution >= 4 is 35.8 Å². The summed E-state index contributed by atoms with van der Waals surface area (Å²) in [6.45, 7) is 5.07. The van der Waals surface area contributed by atoms with Crippen molar-refractivity contribution < 1.29 is 9.53 Å². The monoisotopic (exact) mass is 474 g/mol. The molecule has 2 rings (SSSR count). The highest BCUT2D eigenvalue weighted by Crippen LogP contribution is 2.11. The predicted molar refractivity (Wildman–Crippen MR) is 116 cm³/mol. The summed E-state index contributed by atoms with van der Waals surface area (Å²) in [5.41, 5.74) is 1.72. The molecule has 1 fully saturated rings. The van der Waals surface area contributed by atoms with Gasteiger partial charge < -0.3 is 20.7 Å². The van der Waals surface area contributed by atoms with Crippen LogP contribution in [-0.4, -0.2) is 44.7 Å². The minimum absolute atomic E-state index is 0. The first-order valence-corrected chi connectivity index (χ1v) is 9.16. The van der Waals surface area contributed by atoms with E-state index < -0.39 is 0 Å². The Labute approximate surface area is 173 Å². The first-order chi connectivity index (χ1) is 12.2. The van der Waals surface area contributed by atoms with Gasteiger partial charge >= 0.3 is 0 Å². The summed E-state index contributed by atoms with van der Waals surface area (Å²) < 4.78 is 5.54. The fourth-order valence-electron chi connectivity index (χ4n) is 2.73. The molecule has 1 atom stereocenters. The van der Waals surface area contributed by atoms with Crippen LogP contribution in [0.3, 0.4) is 0 Å². The smallest absolute Gasteiger partial charge is 0.251 e. The van der Waals surface area contributed by atoms with E-state index in [-0.39, 0.29) is 36.0 Å². The Morgan fingerprint density at radius 3 is 2.85 bits per heavy atom. The van der Waals surface area contributed by atoms with Crippen molar-refractivity contribution in [2.24, 2.45) is 4.99 Å². The molecule has 1 saturated heterocycles. The van der Waals surface area contributed by atoms with Crippen LogP contribution in [0.4, 0.5) is 0 Å². The lowest BCUT2D eigenvalue weighted by molar-refractivity contribution is 0.0857. The summed E-state index contributed by atoms with van der Waals surface area (Å²) in [5, 5.41) is 9.51. The Balaban J connectivity index is 0.00000338. The van der Waals surface area contributed by atoms with E-state index in [0.29, 0.717) is 18.7 Å². The third-order valence-corrected chi connectivity index (χ3v) is 4.21. The molecular formula is C19H31IN4O2. The molecule has 1 aromatic rings. The van der Waals surface area contributed by atoms with Crippen LogP contribution in [0.25, 0.3) is 0 Å². The Kier molecular flexibility index (Phi) is 11.3. The Hall–Kier alpha value is -1.35. The lowest BCUT2D eigenvalue weighted by Crippen LogP contribution is -2.37. The highest BCUT2D eigenvalue weighted by atomic mass is 127. The van der Waals surface area contributed by atoms with Gasteiger partial charge in [-0.25, -0.2) is 0 Å². The molecule has 1 heterocycles. The zero-order valence-corrected chi connectivity index (χ0v) is 18.0. The van der Waals surface area contributed by atoms with Gasteiger partial charge in [0.25, 0.3) is 5.91 Å². The molecule has 1 aliphatic rings. The van der Waals surface area contributed by atoms with Crippen LogP contribution in [0.5, 0.6) is 0 Å². The fraction of sp³-hybridized carbons (Fsp3) is 0.579. The van der Waals surface area contributed by atoms with Gasteiger partial charge in [-0.1, -0.05) is 25.5 Å². The molecule has 146 valence electrons. The van der Waals surface area contributed by atoms with Crippen LogP contribution in [0.2, 0.25) is 0 Å². The van der Waals surface area contributed by atoms with Gasteiger partial charge in [0.2, 0.25) is 0 Å². The van der Waals surface area contributed by atoms with Crippen LogP contribution in [0.15, 0.2) is 29.3 Å². The van der Waals surface area contributed by atoms with Crippen molar-refractivity contribution in [3.63, 3.8) is 0 Å². The molecule has 7 heteroatoms. The summed E-state index contributed by atoms with van der Waals surface area (Å²) in [7, 11) is 1.76. The van der Waals surface area contributed by atoms with E-state index in [1.807, 2.05) is 24.3 Å². The van der Waals surface area contributed by atoms with Crippen LogP contribution < -0.4 is 16.0 Å². The number of nitrogens with one attached hydrogen (secondary N) is 3. The summed E-state index contributed by atoms with van der Waals surface area (Å²) in [4.78, 5) is 16.5. The number of aliphatic imine (C=N–C) groups is 1. The number of hydrogen-bond acceptors (Lipinski definition) is 3. The Morgan fingerprint density at radius 1 is 1.31 bits per heavy atom. The third-order valence-electron chi connectivity index (χ3n) is 4.21. The number of nitrogens with zero attached hydrogens (tertiary/aromatic N) is 1. The molecule has 6 nitrogen and oxygen atoms in total. The maximum absolute atomic E-state index is 12.3. The molecule has 1 aliphatic heterocycles. The number of halogens is 1. The molecule has 1 unspecified atom stereocenters. The standard InChI is InChI=1S/C19H30N4O2.HI/c1-3-4-10-21-19(20-2)23-13-15-7-5-8-16(12-15)18(24)22-14-17-9-6-11-25-17;/h5,7-8,12,17H,3-4,6,9-11,13-14H2,1-2H3,(H,22,24)(H2,20,21,23);1H. The molecule has 0 bridgehead atoms. The minimum Gasteiger partial charge on any atom is -0.376 e. The summed E-state index contributed by atoms with van der Waals surface area (Å²) >= 11 is 0. The van der Waals surface area contributed by atoms with E-state index in [2.05, 4.69) is 27.9 Å². The van der Waals surface area contributed by atoms with Gasteiger partial charge in [-0.05, 0) is 37.0 Å². The van der Waals surface area contributed by atoms with Gasteiger partial charge in [-0.2, -0.15) is 0 Å². The molecule has 0 aromatic heterocycles. The quantitative estimate of drug-likeness (QED) is 0.235. The first-order valence-electron chi connectivity index (χ1n) is 9.16. The zero-order chi connectivity index (χ0) is 17.9. The lowest BCUT2D eigenvalue weighted by atomic mass is 10.1. The van der Waals surface area contributed by atoms with Crippen LogP contribution >= 0.6 is 24.0 Å². The second kappa shape index (κ2) is 12.9. The van der Waals surface area contributed by atoms with Gasteiger partial charge in [-0.15, -0.1) is 24.0 Å². The SMILES string of the molecule is CCCCNC(=NC)NCc1cccc(C(=O)NCC2CCCO2)c1.I. The average Bonchev–Trinajstić information content (AvgIpc) is 3.16. The molecule has 0 aliphatic carbocycles. The number of unbranched alkanes of at least 4 members (excludes halogenated alkanes) is 1. The number of hydrogen-bond donors (Lipinski definition) is 3. The summed E-state index contributed by atoms with van der Waals surface area (Å²) in [5.74, 6) is 0.726. The Morgan fingerprint density at radius 2 is 2.15 bits per heavy atom. The maximum Gasteiger partial charge on any atom is 0.251 e. The van der Waals surface area contributed by atoms with Gasteiger partial charge in [0.1, 0.15) is 0 Å². The van der Waals surface area contributed by atoms with Crippen LogP contribution in [0.1, 0.15) is 48.5 Å². The van der Waals surface area contributed by atoms with Crippen LogP contribution in [0, 0.1) is 0 Å². The normalized spacial score (nSPS) is 16.7. The molecule has 1 amide bonds. The largest absolute Gasteiger partial charge is 0.376 e. The zero-order valence-electron chi connectivity index (χ0n) is 15.7. The lowest BCUT2D eigenvalue weighted by Gasteiger charge is -2.13. The number of carbonyl (C=O) groups excluding carboxylic acids is 1. The number of ether oxygens (including phenoxy) is 1. The third kappa shape index (κ3) is 7.90. The van der Waals surface area contributed by atoms with Crippen molar-refractivity contribution in [3.05, 3.63) is 35.4 Å². The van der Waals surface area contributed by atoms with E-state index >= 15 is 0 Å². The molecule has 1 aromatic carbocycles. The average molecular weight is 474 g/mol. The van der Waals surface area contributed by atoms with Crippen molar-refractivity contribution in [2.75, 3.05) is 26.7 Å².